The molecule has 1 saturated heterocycles. The summed E-state index contributed by atoms with van der Waals surface area (Å²) >= 11 is 5.80. The van der Waals surface area contributed by atoms with Crippen molar-refractivity contribution in [3.05, 3.63) is 69.2 Å². The van der Waals surface area contributed by atoms with Crippen LogP contribution in [0.2, 0.25) is 5.02 Å². The number of halogens is 1. The van der Waals surface area contributed by atoms with Crippen LogP contribution in [-0.2, 0) is 9.59 Å². The fourth-order valence-corrected chi connectivity index (χ4v) is 2.65. The molecule has 11 nitrogen and oxygen atoms in total. The lowest BCUT2D eigenvalue weighted by molar-refractivity contribution is -0.384. The molecule has 0 saturated carbocycles. The van der Waals surface area contributed by atoms with Gasteiger partial charge in [-0.25, -0.2) is 15.1 Å². The second-order valence-corrected chi connectivity index (χ2v) is 6.38. The minimum atomic E-state index is -1.46. The van der Waals surface area contributed by atoms with E-state index in [2.05, 4.69) is 10.5 Å². The number of carbonyl (C=O) groups is 4. The summed E-state index contributed by atoms with van der Waals surface area (Å²) in [6.45, 7) is 0. The zero-order chi connectivity index (χ0) is 21.8. The summed E-state index contributed by atoms with van der Waals surface area (Å²) in [5, 5.41) is 16.7. The van der Waals surface area contributed by atoms with E-state index in [0.29, 0.717) is 5.02 Å². The van der Waals surface area contributed by atoms with Gasteiger partial charge < -0.3 is 0 Å². The Morgan fingerprint density at radius 3 is 2.37 bits per heavy atom. The van der Waals surface area contributed by atoms with E-state index in [1.165, 1.54) is 36.4 Å². The highest BCUT2D eigenvalue weighted by molar-refractivity contribution is 6.33. The van der Waals surface area contributed by atoms with E-state index in [9.17, 15) is 29.3 Å². The van der Waals surface area contributed by atoms with E-state index in [-0.39, 0.29) is 16.9 Å². The largest absolute Gasteiger partial charge is 0.335 e. The van der Waals surface area contributed by atoms with Gasteiger partial charge in [-0.1, -0.05) is 11.6 Å². The molecule has 1 atom stereocenters. The average molecular weight is 430 g/mol. The number of barbiturate groups is 1. The number of rotatable bonds is 5. The molecule has 0 aliphatic carbocycles. The molecule has 0 radical (unpaired) electrons. The number of nitrogens with zero attached hydrogens (tertiary/aromatic N) is 3. The van der Waals surface area contributed by atoms with Gasteiger partial charge in [0.25, 0.3) is 17.5 Å². The minimum absolute atomic E-state index is 0.0788. The lowest BCUT2D eigenvalue weighted by atomic mass is 10.1. The number of hydrogen-bond acceptors (Lipinski definition) is 7. The van der Waals surface area contributed by atoms with Crippen LogP contribution in [0.25, 0.3) is 0 Å². The van der Waals surface area contributed by atoms with Crippen molar-refractivity contribution in [3.63, 3.8) is 0 Å². The van der Waals surface area contributed by atoms with Crippen LogP contribution in [0.3, 0.4) is 0 Å². The lowest BCUT2D eigenvalue weighted by Gasteiger charge is -2.28. The molecule has 0 bridgehead atoms. The standard InChI is InChI=1S/C18H12ClN5O6/c19-11-3-7-12(8-4-11)23-17(27)14(16(26)21-18(23)28)9-20-22-15(25)10-1-5-13(6-2-10)24(29)30/h1-9,14H,(H,22,25)(H,21,26,28)/b20-9-/t14-/m1/s1. The van der Waals surface area contributed by atoms with Crippen molar-refractivity contribution in [2.24, 2.45) is 11.0 Å². The highest BCUT2D eigenvalue weighted by Crippen LogP contribution is 2.22. The second-order valence-electron chi connectivity index (χ2n) is 5.95. The van der Waals surface area contributed by atoms with Gasteiger partial charge in [-0.05, 0) is 36.4 Å². The number of urea groups is 1. The monoisotopic (exact) mass is 429 g/mol. The smallest absolute Gasteiger partial charge is 0.276 e. The average Bonchev–Trinajstić information content (AvgIpc) is 2.71. The molecule has 1 heterocycles. The molecule has 2 aromatic rings. The third kappa shape index (κ3) is 4.31. The number of nitro benzene ring substituents is 1. The van der Waals surface area contributed by atoms with Crippen LogP contribution in [0.5, 0.6) is 0 Å². The SMILES string of the molecule is O=C(N/N=C\[C@@H]1C(=O)NC(=O)N(c2ccc(Cl)cc2)C1=O)c1ccc([N+](=O)[O-])cc1. The maximum atomic E-state index is 12.6. The highest BCUT2D eigenvalue weighted by Gasteiger charge is 2.40. The number of imide groups is 2. The molecular formula is C18H12ClN5O6. The van der Waals surface area contributed by atoms with E-state index in [1.807, 2.05) is 5.32 Å². The van der Waals surface area contributed by atoms with E-state index in [1.54, 1.807) is 0 Å². The van der Waals surface area contributed by atoms with Crippen molar-refractivity contribution >= 4 is 52.9 Å². The fourth-order valence-electron chi connectivity index (χ4n) is 2.53. The maximum absolute atomic E-state index is 12.6. The number of nitro groups is 1. The first-order chi connectivity index (χ1) is 14.3. The van der Waals surface area contributed by atoms with E-state index >= 15 is 0 Å². The quantitative estimate of drug-likeness (QED) is 0.320. The van der Waals surface area contributed by atoms with Gasteiger partial charge >= 0.3 is 6.03 Å². The molecule has 5 amide bonds. The Bertz CT molecular complexity index is 1070. The number of hydrogen-bond donors (Lipinski definition) is 2. The third-order valence-electron chi connectivity index (χ3n) is 4.02. The van der Waals surface area contributed by atoms with Crippen LogP contribution in [0.4, 0.5) is 16.2 Å². The molecule has 0 aromatic heterocycles. The molecule has 2 N–H and O–H groups in total. The lowest BCUT2D eigenvalue weighted by Crippen LogP contribution is -2.58. The van der Waals surface area contributed by atoms with E-state index in [0.717, 1.165) is 23.2 Å². The van der Waals surface area contributed by atoms with Gasteiger partial charge in [-0.2, -0.15) is 5.10 Å². The Kier molecular flexibility index (Phi) is 5.83. The van der Waals surface area contributed by atoms with Crippen molar-refractivity contribution in [1.82, 2.24) is 10.7 Å². The minimum Gasteiger partial charge on any atom is -0.276 e. The summed E-state index contributed by atoms with van der Waals surface area (Å²) in [6, 6.07) is 9.62. The predicted molar refractivity (Wildman–Crippen MR) is 105 cm³/mol. The summed E-state index contributed by atoms with van der Waals surface area (Å²) in [4.78, 5) is 59.5. The van der Waals surface area contributed by atoms with Crippen molar-refractivity contribution in [3.8, 4) is 0 Å². The van der Waals surface area contributed by atoms with Gasteiger partial charge in [0.15, 0.2) is 5.92 Å². The van der Waals surface area contributed by atoms with Crippen molar-refractivity contribution in [1.29, 1.82) is 0 Å². The molecule has 1 aliphatic heterocycles. The van der Waals surface area contributed by atoms with Gasteiger partial charge in [0.1, 0.15) is 0 Å². The molecule has 0 unspecified atom stereocenters. The summed E-state index contributed by atoms with van der Waals surface area (Å²) in [5.41, 5.74) is 2.20. The molecule has 152 valence electrons. The number of nitrogens with one attached hydrogen (secondary N) is 2. The molecule has 1 aliphatic rings. The van der Waals surface area contributed by atoms with Crippen LogP contribution >= 0.6 is 11.6 Å². The van der Waals surface area contributed by atoms with Crippen LogP contribution in [-0.4, -0.2) is 34.9 Å². The molecule has 30 heavy (non-hydrogen) atoms. The topological polar surface area (TPSA) is 151 Å². The summed E-state index contributed by atoms with van der Waals surface area (Å²) in [5.74, 6) is -3.94. The van der Waals surface area contributed by atoms with Crippen LogP contribution in [0.15, 0.2) is 53.6 Å². The molecule has 3 rings (SSSR count). The van der Waals surface area contributed by atoms with Crippen LogP contribution in [0, 0.1) is 16.0 Å². The molecular weight excluding hydrogens is 418 g/mol. The maximum Gasteiger partial charge on any atom is 0.335 e. The molecule has 0 spiro atoms. The first-order valence-corrected chi connectivity index (χ1v) is 8.68. The van der Waals surface area contributed by atoms with Crippen LogP contribution in [0.1, 0.15) is 10.4 Å². The zero-order valence-corrected chi connectivity index (χ0v) is 15.7. The Hall–Kier alpha value is -4.12. The van der Waals surface area contributed by atoms with Crippen molar-refractivity contribution < 1.29 is 24.1 Å². The highest BCUT2D eigenvalue weighted by atomic mass is 35.5. The predicted octanol–water partition coefficient (Wildman–Crippen LogP) is 1.86. The number of amides is 5. The van der Waals surface area contributed by atoms with Gasteiger partial charge in [0, 0.05) is 28.9 Å². The number of carbonyl (C=O) groups excluding carboxylic acids is 4. The van der Waals surface area contributed by atoms with Gasteiger partial charge in [-0.3, -0.25) is 29.8 Å². The summed E-state index contributed by atoms with van der Waals surface area (Å²) in [7, 11) is 0. The number of anilines is 1. The van der Waals surface area contributed by atoms with E-state index in [4.69, 9.17) is 11.6 Å². The molecule has 1 fully saturated rings. The Labute approximate surface area is 173 Å². The summed E-state index contributed by atoms with van der Waals surface area (Å²) < 4.78 is 0. The fraction of sp³-hybridized carbons (Fsp3) is 0.0556. The van der Waals surface area contributed by atoms with Gasteiger partial charge in [0.05, 0.1) is 10.6 Å². The van der Waals surface area contributed by atoms with Crippen molar-refractivity contribution in [2.75, 3.05) is 4.90 Å². The summed E-state index contributed by atoms with van der Waals surface area (Å²) in [6.07, 6.45) is 0.885. The first kappa shape index (κ1) is 20.6. The van der Waals surface area contributed by atoms with Gasteiger partial charge in [-0.15, -0.1) is 0 Å². The third-order valence-corrected chi connectivity index (χ3v) is 4.27. The number of benzene rings is 2. The zero-order valence-electron chi connectivity index (χ0n) is 14.9. The Morgan fingerprint density at radius 1 is 1.13 bits per heavy atom. The van der Waals surface area contributed by atoms with E-state index < -0.39 is 34.6 Å². The van der Waals surface area contributed by atoms with Crippen molar-refractivity contribution in [2.45, 2.75) is 0 Å². The normalized spacial score (nSPS) is 16.5. The van der Waals surface area contributed by atoms with Crippen LogP contribution < -0.4 is 15.6 Å². The second kappa shape index (κ2) is 8.49. The first-order valence-electron chi connectivity index (χ1n) is 8.30. The molecule has 2 aromatic carbocycles. The Balaban J connectivity index is 1.71. The van der Waals surface area contributed by atoms with Gasteiger partial charge in [0.2, 0.25) is 5.91 Å². The number of hydrazone groups is 1. The Morgan fingerprint density at radius 2 is 1.77 bits per heavy atom. The number of non-ortho nitro benzene ring substituents is 1. The molecule has 12 heteroatoms.